The van der Waals surface area contributed by atoms with E-state index in [-0.39, 0.29) is 36.8 Å². The molecule has 2 amide bonds. The van der Waals surface area contributed by atoms with Crippen molar-refractivity contribution in [2.45, 2.75) is 56.7 Å². The molecule has 9 heteroatoms. The molecule has 2 fully saturated rings. The van der Waals surface area contributed by atoms with Crippen LogP contribution in [0.15, 0.2) is 48.5 Å². The molecule has 2 heterocycles. The molecule has 3 N–H and O–H groups in total. The van der Waals surface area contributed by atoms with E-state index in [2.05, 4.69) is 22.9 Å². The SMILES string of the molecule is CCCCOC1(c2ccccc2F)CN(C(=O)[C@@H](Cc2ccc(OC)cc2)NC(=O)CCC2CNCN2)C1. The highest BCUT2D eigenvalue weighted by molar-refractivity contribution is 5.88. The number of carbonyl (C=O) groups is 2. The molecule has 2 aliphatic rings. The Morgan fingerprint density at radius 1 is 1.18 bits per heavy atom. The summed E-state index contributed by atoms with van der Waals surface area (Å²) < 4.78 is 26.2. The molecule has 206 valence electrons. The number of nitrogens with zero attached hydrogens (tertiary/aromatic N) is 1. The lowest BCUT2D eigenvalue weighted by Gasteiger charge is -2.50. The zero-order chi connectivity index (χ0) is 27.0. The molecular weight excluding hydrogens is 487 g/mol. The Hall–Kier alpha value is -3.01. The van der Waals surface area contributed by atoms with Crippen LogP contribution in [0.25, 0.3) is 0 Å². The molecule has 1 unspecified atom stereocenters. The summed E-state index contributed by atoms with van der Waals surface area (Å²) >= 11 is 0. The van der Waals surface area contributed by atoms with Gasteiger partial charge in [-0.3, -0.25) is 9.59 Å². The van der Waals surface area contributed by atoms with Crippen LogP contribution < -0.4 is 20.7 Å². The van der Waals surface area contributed by atoms with E-state index in [1.54, 1.807) is 30.2 Å². The molecule has 2 saturated heterocycles. The van der Waals surface area contributed by atoms with E-state index in [9.17, 15) is 14.0 Å². The molecule has 0 spiro atoms. The van der Waals surface area contributed by atoms with Crippen molar-refractivity contribution in [2.24, 2.45) is 0 Å². The van der Waals surface area contributed by atoms with E-state index in [1.165, 1.54) is 6.07 Å². The van der Waals surface area contributed by atoms with E-state index in [0.29, 0.717) is 31.4 Å². The lowest BCUT2D eigenvalue weighted by atomic mass is 9.84. The number of nitrogens with one attached hydrogen (secondary N) is 3. The highest BCUT2D eigenvalue weighted by Crippen LogP contribution is 2.38. The van der Waals surface area contributed by atoms with Gasteiger partial charge in [-0.15, -0.1) is 0 Å². The molecule has 2 atom stereocenters. The molecular formula is C29H39FN4O4. The van der Waals surface area contributed by atoms with Gasteiger partial charge in [0.25, 0.3) is 0 Å². The van der Waals surface area contributed by atoms with Crippen molar-refractivity contribution in [1.82, 2.24) is 20.9 Å². The Labute approximate surface area is 224 Å². The third-order valence-electron chi connectivity index (χ3n) is 7.30. The molecule has 0 saturated carbocycles. The number of ether oxygens (including phenoxy) is 2. The summed E-state index contributed by atoms with van der Waals surface area (Å²) in [5, 5.41) is 9.49. The fourth-order valence-electron chi connectivity index (χ4n) is 5.04. The van der Waals surface area contributed by atoms with Gasteiger partial charge in [0.2, 0.25) is 11.8 Å². The average Bonchev–Trinajstić information content (AvgIpc) is 3.43. The van der Waals surface area contributed by atoms with Gasteiger partial charge in [-0.1, -0.05) is 43.7 Å². The summed E-state index contributed by atoms with van der Waals surface area (Å²) in [5.74, 6) is 0.0284. The third kappa shape index (κ3) is 6.89. The van der Waals surface area contributed by atoms with Gasteiger partial charge in [-0.2, -0.15) is 0 Å². The molecule has 2 aromatic rings. The summed E-state index contributed by atoms with van der Waals surface area (Å²) in [6.07, 6.45) is 3.17. The second-order valence-electron chi connectivity index (χ2n) is 10.1. The normalized spacial score (nSPS) is 19.0. The van der Waals surface area contributed by atoms with E-state index in [4.69, 9.17) is 9.47 Å². The number of benzene rings is 2. The summed E-state index contributed by atoms with van der Waals surface area (Å²) in [6.45, 7) is 4.60. The molecule has 4 rings (SSSR count). The van der Waals surface area contributed by atoms with Gasteiger partial charge in [-0.25, -0.2) is 4.39 Å². The number of amides is 2. The molecule has 38 heavy (non-hydrogen) atoms. The number of likely N-dealkylation sites (tertiary alicyclic amines) is 1. The summed E-state index contributed by atoms with van der Waals surface area (Å²) in [5.41, 5.74) is 0.492. The quantitative estimate of drug-likeness (QED) is 0.348. The van der Waals surface area contributed by atoms with Crippen molar-refractivity contribution < 1.29 is 23.5 Å². The van der Waals surface area contributed by atoms with Crippen molar-refractivity contribution in [3.8, 4) is 5.75 Å². The first kappa shape index (κ1) is 28.0. The van der Waals surface area contributed by atoms with Gasteiger partial charge in [0.15, 0.2) is 0 Å². The highest BCUT2D eigenvalue weighted by Gasteiger charge is 2.50. The molecule has 2 aromatic carbocycles. The minimum absolute atomic E-state index is 0.161. The molecule has 8 nitrogen and oxygen atoms in total. The van der Waals surface area contributed by atoms with Crippen LogP contribution in [0.2, 0.25) is 0 Å². The Kier molecular flexibility index (Phi) is 9.71. The van der Waals surface area contributed by atoms with Crippen LogP contribution in [-0.4, -0.2) is 68.8 Å². The standard InChI is InChI=1S/C29H39FN4O4/c1-3-4-15-38-29(24-7-5-6-8-25(24)30)18-34(19-29)28(36)26(16-21-9-12-23(37-2)13-10-21)33-27(35)14-11-22-17-31-20-32-22/h5-10,12-13,22,26,31-32H,3-4,11,14-20H2,1-2H3,(H,33,35)/t22?,26-/m1/s1. The minimum atomic E-state index is -0.883. The Morgan fingerprint density at radius 3 is 2.61 bits per heavy atom. The maximum atomic E-state index is 14.8. The molecule has 0 aromatic heterocycles. The van der Waals surface area contributed by atoms with Gasteiger partial charge in [0.1, 0.15) is 23.2 Å². The maximum Gasteiger partial charge on any atom is 0.245 e. The van der Waals surface area contributed by atoms with Crippen LogP contribution in [0.5, 0.6) is 5.75 Å². The second-order valence-corrected chi connectivity index (χ2v) is 10.1. The zero-order valence-electron chi connectivity index (χ0n) is 22.3. The van der Waals surface area contributed by atoms with E-state index in [1.807, 2.05) is 24.3 Å². The Balaban J connectivity index is 1.46. The second kappa shape index (κ2) is 13.2. The monoisotopic (exact) mass is 526 g/mol. The maximum absolute atomic E-state index is 14.8. The van der Waals surface area contributed by atoms with E-state index in [0.717, 1.165) is 37.4 Å². The fourth-order valence-corrected chi connectivity index (χ4v) is 5.04. The van der Waals surface area contributed by atoms with Gasteiger partial charge in [0, 0.05) is 44.3 Å². The largest absolute Gasteiger partial charge is 0.497 e. The number of hydrogen-bond acceptors (Lipinski definition) is 6. The van der Waals surface area contributed by atoms with Crippen LogP contribution in [0.3, 0.4) is 0 Å². The average molecular weight is 527 g/mol. The lowest BCUT2D eigenvalue weighted by molar-refractivity contribution is -0.176. The first-order valence-corrected chi connectivity index (χ1v) is 13.5. The Bertz CT molecular complexity index is 1070. The molecule has 2 aliphatic heterocycles. The molecule has 0 radical (unpaired) electrons. The first-order valence-electron chi connectivity index (χ1n) is 13.5. The number of rotatable bonds is 13. The van der Waals surface area contributed by atoms with Crippen molar-refractivity contribution in [3.05, 3.63) is 65.5 Å². The van der Waals surface area contributed by atoms with Crippen LogP contribution in [-0.2, 0) is 26.3 Å². The van der Waals surface area contributed by atoms with Crippen LogP contribution in [0, 0.1) is 5.82 Å². The number of halogens is 1. The predicted octanol–water partition coefficient (Wildman–Crippen LogP) is 2.72. The number of hydrogen-bond donors (Lipinski definition) is 3. The van der Waals surface area contributed by atoms with Gasteiger partial charge in [-0.05, 0) is 36.6 Å². The number of unbranched alkanes of at least 4 members (excludes halogenated alkanes) is 1. The van der Waals surface area contributed by atoms with E-state index < -0.39 is 11.6 Å². The number of methoxy groups -OCH3 is 1. The smallest absolute Gasteiger partial charge is 0.245 e. The number of carbonyl (C=O) groups excluding carboxylic acids is 2. The molecule has 0 bridgehead atoms. The lowest BCUT2D eigenvalue weighted by Crippen LogP contribution is -2.66. The highest BCUT2D eigenvalue weighted by atomic mass is 19.1. The summed E-state index contributed by atoms with van der Waals surface area (Å²) in [7, 11) is 1.60. The van der Waals surface area contributed by atoms with Crippen LogP contribution in [0.4, 0.5) is 4.39 Å². The van der Waals surface area contributed by atoms with Crippen molar-refractivity contribution >= 4 is 11.8 Å². The van der Waals surface area contributed by atoms with Crippen molar-refractivity contribution in [1.29, 1.82) is 0 Å². The van der Waals surface area contributed by atoms with E-state index >= 15 is 0 Å². The molecule has 0 aliphatic carbocycles. The first-order chi connectivity index (χ1) is 18.4. The van der Waals surface area contributed by atoms with Crippen molar-refractivity contribution in [3.63, 3.8) is 0 Å². The van der Waals surface area contributed by atoms with Crippen molar-refractivity contribution in [2.75, 3.05) is 40.0 Å². The predicted molar refractivity (Wildman–Crippen MR) is 143 cm³/mol. The third-order valence-corrected chi connectivity index (χ3v) is 7.30. The van der Waals surface area contributed by atoms with Gasteiger partial charge >= 0.3 is 0 Å². The van der Waals surface area contributed by atoms with Crippen LogP contribution in [0.1, 0.15) is 43.7 Å². The van der Waals surface area contributed by atoms with Gasteiger partial charge in [0.05, 0.1) is 20.2 Å². The zero-order valence-corrected chi connectivity index (χ0v) is 22.3. The Morgan fingerprint density at radius 2 is 1.95 bits per heavy atom. The summed E-state index contributed by atoms with van der Waals surface area (Å²) in [4.78, 5) is 28.2. The topological polar surface area (TPSA) is 91.9 Å². The van der Waals surface area contributed by atoms with Gasteiger partial charge < -0.3 is 30.3 Å². The fraction of sp³-hybridized carbons (Fsp3) is 0.517. The summed E-state index contributed by atoms with van der Waals surface area (Å²) in [6, 6.07) is 13.6. The minimum Gasteiger partial charge on any atom is -0.497 e. The van der Waals surface area contributed by atoms with Crippen LogP contribution >= 0.6 is 0 Å².